The Morgan fingerprint density at radius 3 is 2.44 bits per heavy atom. The van der Waals surface area contributed by atoms with Gasteiger partial charge in [0.1, 0.15) is 17.1 Å². The van der Waals surface area contributed by atoms with Crippen LogP contribution in [0, 0.1) is 30.1 Å². The lowest BCUT2D eigenvalue weighted by molar-refractivity contribution is -0.131. The van der Waals surface area contributed by atoms with Crippen LogP contribution < -0.4 is 0 Å². The molecule has 1 aromatic heterocycles. The zero-order chi connectivity index (χ0) is 18.8. The van der Waals surface area contributed by atoms with Crippen molar-refractivity contribution in [2.24, 2.45) is 28.2 Å². The standard InChI is InChI=1S/C21H23NO5/c1-11-16(18(23)25-2)6-15(26-11)7-17-19(24)27-20(22-17)21-8-12-3-13(9-21)5-14(4-12)10-21/h6-7,12-14H,3-5,8-10H2,1-2H3/b17-7+. The maximum atomic E-state index is 12.4. The van der Waals surface area contributed by atoms with E-state index in [9.17, 15) is 9.59 Å². The first-order valence-corrected chi connectivity index (χ1v) is 9.67. The van der Waals surface area contributed by atoms with Crippen LogP contribution >= 0.6 is 0 Å². The molecule has 4 aliphatic carbocycles. The molecule has 0 atom stereocenters. The zero-order valence-corrected chi connectivity index (χ0v) is 15.6. The summed E-state index contributed by atoms with van der Waals surface area (Å²) in [5.74, 6) is 2.81. The van der Waals surface area contributed by atoms with Gasteiger partial charge in [-0.2, -0.15) is 0 Å². The fourth-order valence-corrected chi connectivity index (χ4v) is 6.03. The first kappa shape index (κ1) is 16.8. The number of hydrogen-bond acceptors (Lipinski definition) is 6. The van der Waals surface area contributed by atoms with Gasteiger partial charge in [0, 0.05) is 11.5 Å². The number of furan rings is 1. The van der Waals surface area contributed by atoms with Crippen molar-refractivity contribution in [2.75, 3.05) is 7.11 Å². The number of hydrogen-bond donors (Lipinski definition) is 0. The number of aliphatic imine (C=N–C) groups is 1. The Balaban J connectivity index is 1.45. The summed E-state index contributed by atoms with van der Waals surface area (Å²) in [6.45, 7) is 1.69. The van der Waals surface area contributed by atoms with Gasteiger partial charge < -0.3 is 13.9 Å². The van der Waals surface area contributed by atoms with E-state index >= 15 is 0 Å². The van der Waals surface area contributed by atoms with Gasteiger partial charge in [0.2, 0.25) is 5.90 Å². The number of cyclic esters (lactones) is 1. The van der Waals surface area contributed by atoms with Crippen molar-refractivity contribution in [3.63, 3.8) is 0 Å². The SMILES string of the molecule is COC(=O)c1cc(/C=C2/N=C(C34CC5CC(CC(C5)C3)C4)OC2=O)oc1C. The number of carbonyl (C=O) groups excluding carboxylic acids is 2. The molecule has 6 rings (SSSR count). The van der Waals surface area contributed by atoms with Crippen molar-refractivity contribution in [2.45, 2.75) is 45.4 Å². The van der Waals surface area contributed by atoms with E-state index in [4.69, 9.17) is 13.9 Å². The van der Waals surface area contributed by atoms with Gasteiger partial charge in [0.05, 0.1) is 7.11 Å². The summed E-state index contributed by atoms with van der Waals surface area (Å²) >= 11 is 0. The molecule has 0 aromatic carbocycles. The highest BCUT2D eigenvalue weighted by molar-refractivity contribution is 6.09. The Labute approximate surface area is 157 Å². The van der Waals surface area contributed by atoms with Gasteiger partial charge in [0.15, 0.2) is 5.70 Å². The lowest BCUT2D eigenvalue weighted by atomic mass is 9.49. The van der Waals surface area contributed by atoms with Crippen LogP contribution in [-0.4, -0.2) is 24.9 Å². The average Bonchev–Trinajstić information content (AvgIpc) is 3.17. The molecule has 0 unspecified atom stereocenters. The van der Waals surface area contributed by atoms with Gasteiger partial charge >= 0.3 is 11.9 Å². The summed E-state index contributed by atoms with van der Waals surface area (Å²) in [6.07, 6.45) is 8.79. The molecule has 0 spiro atoms. The maximum Gasteiger partial charge on any atom is 0.363 e. The highest BCUT2D eigenvalue weighted by Crippen LogP contribution is 2.61. The van der Waals surface area contributed by atoms with E-state index in [1.165, 1.54) is 26.4 Å². The van der Waals surface area contributed by atoms with Crippen LogP contribution in [0.3, 0.4) is 0 Å². The normalized spacial score (nSPS) is 35.5. The monoisotopic (exact) mass is 369 g/mol. The second-order valence-corrected chi connectivity index (χ2v) is 8.64. The molecule has 4 bridgehead atoms. The predicted molar refractivity (Wildman–Crippen MR) is 96.9 cm³/mol. The highest BCUT2D eigenvalue weighted by Gasteiger charge is 2.55. The lowest BCUT2D eigenvalue weighted by Gasteiger charge is -2.55. The summed E-state index contributed by atoms with van der Waals surface area (Å²) < 4.78 is 16.0. The minimum absolute atomic E-state index is 0.0593. The molecule has 5 aliphatic rings. The molecule has 27 heavy (non-hydrogen) atoms. The molecule has 2 heterocycles. The van der Waals surface area contributed by atoms with Crippen LogP contribution in [-0.2, 0) is 14.3 Å². The first-order valence-electron chi connectivity index (χ1n) is 9.67. The maximum absolute atomic E-state index is 12.4. The minimum Gasteiger partial charge on any atom is -0.465 e. The Morgan fingerprint density at radius 1 is 1.22 bits per heavy atom. The van der Waals surface area contributed by atoms with Gasteiger partial charge in [-0.25, -0.2) is 14.6 Å². The molecule has 6 nitrogen and oxygen atoms in total. The second-order valence-electron chi connectivity index (χ2n) is 8.64. The molecule has 0 saturated heterocycles. The molecular weight excluding hydrogens is 346 g/mol. The Kier molecular flexibility index (Phi) is 3.61. The van der Waals surface area contributed by atoms with Crippen molar-refractivity contribution < 1.29 is 23.5 Å². The van der Waals surface area contributed by atoms with Crippen LogP contribution in [0.4, 0.5) is 0 Å². The molecule has 1 aliphatic heterocycles. The van der Waals surface area contributed by atoms with E-state index in [1.807, 2.05) is 0 Å². The fourth-order valence-electron chi connectivity index (χ4n) is 6.03. The van der Waals surface area contributed by atoms with E-state index in [0.29, 0.717) is 23.0 Å². The first-order chi connectivity index (χ1) is 13.0. The van der Waals surface area contributed by atoms with E-state index in [-0.39, 0.29) is 11.1 Å². The second kappa shape index (κ2) is 5.81. The molecular formula is C21H23NO5. The molecule has 6 heteroatoms. The number of aryl methyl sites for hydroxylation is 1. The Hall–Kier alpha value is -2.37. The summed E-state index contributed by atoms with van der Waals surface area (Å²) in [5, 5.41) is 0. The molecule has 4 saturated carbocycles. The van der Waals surface area contributed by atoms with Gasteiger partial charge in [-0.1, -0.05) is 0 Å². The number of methoxy groups -OCH3 is 1. The van der Waals surface area contributed by atoms with Crippen LogP contribution in [0.5, 0.6) is 0 Å². The predicted octanol–water partition coefficient (Wildman–Crippen LogP) is 3.89. The minimum atomic E-state index is -0.465. The molecule has 1 aromatic rings. The van der Waals surface area contributed by atoms with Crippen LogP contribution in [0.2, 0.25) is 0 Å². The van der Waals surface area contributed by atoms with Crippen molar-refractivity contribution in [1.82, 2.24) is 0 Å². The topological polar surface area (TPSA) is 78.1 Å². The van der Waals surface area contributed by atoms with Crippen molar-refractivity contribution in [3.8, 4) is 0 Å². The van der Waals surface area contributed by atoms with Crippen LogP contribution in [0.1, 0.15) is 60.4 Å². The summed E-state index contributed by atoms with van der Waals surface area (Å²) in [7, 11) is 1.32. The van der Waals surface area contributed by atoms with Crippen molar-refractivity contribution >= 4 is 23.9 Å². The van der Waals surface area contributed by atoms with Gasteiger partial charge in [-0.3, -0.25) is 0 Å². The molecule has 0 N–H and O–H groups in total. The number of ether oxygens (including phenoxy) is 2. The van der Waals surface area contributed by atoms with Crippen molar-refractivity contribution in [1.29, 1.82) is 0 Å². The summed E-state index contributed by atoms with van der Waals surface area (Å²) in [6, 6.07) is 1.57. The summed E-state index contributed by atoms with van der Waals surface area (Å²) in [4.78, 5) is 28.8. The lowest BCUT2D eigenvalue weighted by Crippen LogP contribution is -2.50. The number of carbonyl (C=O) groups is 2. The molecule has 0 amide bonds. The van der Waals surface area contributed by atoms with E-state index < -0.39 is 11.9 Å². The number of esters is 2. The quantitative estimate of drug-likeness (QED) is 0.597. The van der Waals surface area contributed by atoms with Crippen molar-refractivity contribution in [3.05, 3.63) is 28.8 Å². The van der Waals surface area contributed by atoms with E-state index in [2.05, 4.69) is 4.99 Å². The van der Waals surface area contributed by atoms with Gasteiger partial charge in [-0.05, 0) is 69.3 Å². The largest absolute Gasteiger partial charge is 0.465 e. The molecule has 4 fully saturated rings. The number of nitrogens with zero attached hydrogens (tertiary/aromatic N) is 1. The van der Waals surface area contributed by atoms with Crippen LogP contribution in [0.15, 0.2) is 21.2 Å². The third-order valence-electron chi connectivity index (χ3n) is 6.73. The zero-order valence-electron chi connectivity index (χ0n) is 15.6. The Morgan fingerprint density at radius 2 is 1.85 bits per heavy atom. The Bertz CT molecular complexity index is 855. The average molecular weight is 369 g/mol. The van der Waals surface area contributed by atoms with E-state index in [1.54, 1.807) is 19.1 Å². The van der Waals surface area contributed by atoms with Gasteiger partial charge in [-0.15, -0.1) is 0 Å². The summed E-state index contributed by atoms with van der Waals surface area (Å²) in [5.41, 5.74) is 0.530. The molecule has 0 radical (unpaired) electrons. The van der Waals surface area contributed by atoms with E-state index in [0.717, 1.165) is 37.0 Å². The number of rotatable bonds is 3. The highest BCUT2D eigenvalue weighted by atomic mass is 16.6. The third kappa shape index (κ3) is 2.65. The third-order valence-corrected chi connectivity index (χ3v) is 6.73. The molecule has 142 valence electrons. The fraction of sp³-hybridized carbons (Fsp3) is 0.571. The smallest absolute Gasteiger partial charge is 0.363 e. The van der Waals surface area contributed by atoms with Crippen LogP contribution in [0.25, 0.3) is 6.08 Å². The van der Waals surface area contributed by atoms with Gasteiger partial charge in [0.25, 0.3) is 0 Å².